The maximum atomic E-state index is 12.5. The second-order valence-electron chi connectivity index (χ2n) is 9.24. The summed E-state index contributed by atoms with van der Waals surface area (Å²) in [6.07, 6.45) is 6.83. The minimum atomic E-state index is -1.08. The van der Waals surface area contributed by atoms with Crippen LogP contribution in [-0.2, 0) is 0 Å². The predicted molar refractivity (Wildman–Crippen MR) is 158 cm³/mol. The van der Waals surface area contributed by atoms with Crippen molar-refractivity contribution in [1.29, 1.82) is 5.41 Å². The predicted octanol–water partition coefficient (Wildman–Crippen LogP) is 2.09. The van der Waals surface area contributed by atoms with Crippen LogP contribution < -0.4 is 32.7 Å². The average Bonchev–Trinajstić information content (AvgIpc) is 3.34. The van der Waals surface area contributed by atoms with Crippen LogP contribution in [0.4, 0.5) is 10.5 Å². The zero-order chi connectivity index (χ0) is 28.0. The zero-order valence-corrected chi connectivity index (χ0v) is 23.1. The first-order chi connectivity index (χ1) is 18.8. The Labute approximate surface area is 233 Å². The Balaban J connectivity index is 1.43. The summed E-state index contributed by atoms with van der Waals surface area (Å²) in [5.74, 6) is 0.262. The highest BCUT2D eigenvalue weighted by Gasteiger charge is 2.18. The van der Waals surface area contributed by atoms with Gasteiger partial charge in [0.05, 0.1) is 10.7 Å². The van der Waals surface area contributed by atoms with Gasteiger partial charge < -0.3 is 37.4 Å². The van der Waals surface area contributed by atoms with E-state index in [2.05, 4.69) is 31.2 Å². The van der Waals surface area contributed by atoms with E-state index < -0.39 is 12.4 Å². The molecule has 2 heterocycles. The molecule has 2 aromatic rings. The van der Waals surface area contributed by atoms with Crippen LogP contribution in [0.5, 0.6) is 0 Å². The third-order valence-corrected chi connectivity index (χ3v) is 6.85. The molecule has 3 rings (SSSR count). The Morgan fingerprint density at radius 2 is 2.05 bits per heavy atom. The number of aliphatic imine (C=N–C) groups is 1. The van der Waals surface area contributed by atoms with E-state index >= 15 is 0 Å². The summed E-state index contributed by atoms with van der Waals surface area (Å²) >= 11 is 1.58. The topological polar surface area (TPSA) is 190 Å². The summed E-state index contributed by atoms with van der Waals surface area (Å²) < 4.78 is 0. The number of nitrogens with one attached hydrogen (secondary N) is 5. The van der Waals surface area contributed by atoms with Crippen LogP contribution in [-0.4, -0.2) is 71.4 Å². The lowest BCUT2D eigenvalue weighted by Crippen LogP contribution is -2.40. The summed E-state index contributed by atoms with van der Waals surface area (Å²) in [5, 5.41) is 32.6. The number of aryl methyl sites for hydroxylation is 1. The molecule has 0 radical (unpaired) electrons. The molecule has 0 saturated heterocycles. The zero-order valence-electron chi connectivity index (χ0n) is 22.3. The molecular weight excluding hydrogens is 516 g/mol. The Morgan fingerprint density at radius 1 is 1.23 bits per heavy atom. The quantitative estimate of drug-likeness (QED) is 0.0985. The number of hydrogen-bond acceptors (Lipinski definition) is 9. The third kappa shape index (κ3) is 10.6. The van der Waals surface area contributed by atoms with Crippen LogP contribution in [0.2, 0.25) is 0 Å². The highest BCUT2D eigenvalue weighted by atomic mass is 32.1. The van der Waals surface area contributed by atoms with Gasteiger partial charge in [-0.1, -0.05) is 12.1 Å². The monoisotopic (exact) mass is 556 g/mol. The Bertz CT molecular complexity index is 1140. The number of guanidine groups is 1. The minimum absolute atomic E-state index is 0.0173. The van der Waals surface area contributed by atoms with Gasteiger partial charge in [-0.25, -0.2) is 14.8 Å². The van der Waals surface area contributed by atoms with Crippen molar-refractivity contribution >= 4 is 34.9 Å². The molecule has 1 aliphatic rings. The summed E-state index contributed by atoms with van der Waals surface area (Å²) in [4.78, 5) is 23.0. The van der Waals surface area contributed by atoms with E-state index in [0.29, 0.717) is 31.4 Å². The Morgan fingerprint density at radius 3 is 2.77 bits per heavy atom. The van der Waals surface area contributed by atoms with Crippen molar-refractivity contribution in [2.24, 2.45) is 16.5 Å². The normalized spacial score (nSPS) is 15.5. The lowest BCUT2D eigenvalue weighted by atomic mass is 10.1. The number of amidine groups is 1. The van der Waals surface area contributed by atoms with Crippen molar-refractivity contribution < 1.29 is 9.90 Å². The smallest absolute Gasteiger partial charge is 0.324 e. The first kappa shape index (κ1) is 30.0. The highest BCUT2D eigenvalue weighted by molar-refractivity contribution is 7.09. The van der Waals surface area contributed by atoms with Crippen LogP contribution >= 0.6 is 11.3 Å². The molecule has 13 heteroatoms. The average molecular weight is 557 g/mol. The fourth-order valence-corrected chi connectivity index (χ4v) is 4.75. The maximum Gasteiger partial charge on any atom is 0.324 e. The number of thiazole rings is 1. The second kappa shape index (κ2) is 15.8. The number of aliphatic hydroxyl groups excluding tert-OH is 1. The largest absolute Gasteiger partial charge is 0.370 e. The molecule has 1 aliphatic heterocycles. The van der Waals surface area contributed by atoms with Gasteiger partial charge in [-0.15, -0.1) is 11.3 Å². The number of carbonyl (C=O) groups excluding carboxylic acids is 1. The summed E-state index contributed by atoms with van der Waals surface area (Å²) in [7, 11) is 0. The summed E-state index contributed by atoms with van der Waals surface area (Å²) in [6.45, 7) is 4.72. The summed E-state index contributed by atoms with van der Waals surface area (Å²) in [5.41, 5.74) is 13.4. The lowest BCUT2D eigenvalue weighted by molar-refractivity contribution is 0.0422. The van der Waals surface area contributed by atoms with Crippen LogP contribution in [0.1, 0.15) is 37.1 Å². The van der Waals surface area contributed by atoms with Crippen LogP contribution in [0.3, 0.4) is 0 Å². The van der Waals surface area contributed by atoms with E-state index in [0.717, 1.165) is 54.9 Å². The molecule has 39 heavy (non-hydrogen) atoms. The molecule has 0 bridgehead atoms. The van der Waals surface area contributed by atoms with Gasteiger partial charge in [-0.05, 0) is 70.3 Å². The van der Waals surface area contributed by atoms with E-state index in [1.807, 2.05) is 30.5 Å². The van der Waals surface area contributed by atoms with Crippen molar-refractivity contribution in [1.82, 2.24) is 25.8 Å². The lowest BCUT2D eigenvalue weighted by Gasteiger charge is -2.28. The van der Waals surface area contributed by atoms with Gasteiger partial charge in [0.15, 0.2) is 5.96 Å². The highest BCUT2D eigenvalue weighted by Crippen LogP contribution is 2.24. The molecule has 10 N–H and O–H groups in total. The van der Waals surface area contributed by atoms with Gasteiger partial charge in [-0.2, -0.15) is 0 Å². The van der Waals surface area contributed by atoms with Crippen molar-refractivity contribution in [3.8, 4) is 11.3 Å². The molecule has 1 unspecified atom stereocenters. The van der Waals surface area contributed by atoms with Crippen LogP contribution in [0.15, 0.2) is 46.9 Å². The fourth-order valence-electron chi connectivity index (χ4n) is 4.13. The van der Waals surface area contributed by atoms with Crippen molar-refractivity contribution in [2.75, 3.05) is 31.5 Å². The van der Waals surface area contributed by atoms with Gasteiger partial charge in [-0.3, -0.25) is 10.7 Å². The molecule has 1 aromatic carbocycles. The van der Waals surface area contributed by atoms with Gasteiger partial charge in [0, 0.05) is 42.0 Å². The van der Waals surface area contributed by atoms with Gasteiger partial charge >= 0.3 is 6.03 Å². The van der Waals surface area contributed by atoms with Crippen LogP contribution in [0, 0.1) is 12.3 Å². The van der Waals surface area contributed by atoms with Gasteiger partial charge in [0.1, 0.15) is 5.84 Å². The van der Waals surface area contributed by atoms with E-state index in [1.54, 1.807) is 34.6 Å². The number of benzene rings is 1. The number of urea groups is 1. The Kier molecular flexibility index (Phi) is 12.2. The van der Waals surface area contributed by atoms with Crippen molar-refractivity contribution in [3.63, 3.8) is 0 Å². The number of hydrogen-bond donors (Lipinski definition) is 8. The number of amides is 2. The number of carbonyl (C=O) groups is 1. The van der Waals surface area contributed by atoms with E-state index in [1.165, 1.54) is 0 Å². The van der Waals surface area contributed by atoms with Crippen LogP contribution in [0.25, 0.3) is 11.3 Å². The maximum absolute atomic E-state index is 12.5. The van der Waals surface area contributed by atoms with Gasteiger partial charge in [0.2, 0.25) is 6.35 Å². The fraction of sp³-hybridized carbons (Fsp3) is 0.462. The molecular formula is C26H40N10O2S. The molecule has 212 valence electrons. The number of aromatic nitrogens is 1. The van der Waals surface area contributed by atoms with Gasteiger partial charge in [0.25, 0.3) is 0 Å². The summed E-state index contributed by atoms with van der Waals surface area (Å²) in [6, 6.07) is 7.33. The number of rotatable bonds is 14. The second-order valence-corrected chi connectivity index (χ2v) is 10.3. The number of anilines is 1. The number of nitrogens with zero attached hydrogens (tertiary/aromatic N) is 3. The molecule has 2 atom stereocenters. The standard InChI is InChI=1S/C26H40N10O2S/c1-18-32-22(17-39-18)19-6-2-7-21(16-19)33-25(37)34-23-10-15-36(26(38)35-23)14-4-9-20(30-13-5-11-27)8-3-12-31-24(28)29/h2,6-7,10,15-17,20,26,30,38H,3-5,8-9,11-14,27H2,1H3,(H4,28,29,31)(H2,33,34,35,37)/t20-,26?/m0/s1. The molecule has 0 aliphatic carbocycles. The molecule has 0 spiro atoms. The molecule has 0 saturated carbocycles. The molecule has 0 fully saturated rings. The van der Waals surface area contributed by atoms with Crippen molar-refractivity contribution in [3.05, 3.63) is 46.9 Å². The first-order valence-electron chi connectivity index (χ1n) is 13.2. The molecule has 12 nitrogen and oxygen atoms in total. The number of aliphatic hydroxyl groups is 1. The number of nitrogens with two attached hydrogens (primary N) is 2. The Hall–Kier alpha value is -3.52. The first-order valence-corrected chi connectivity index (χ1v) is 14.0. The van der Waals surface area contributed by atoms with Crippen molar-refractivity contribution in [2.45, 2.75) is 51.4 Å². The minimum Gasteiger partial charge on any atom is -0.370 e. The SMILES string of the molecule is Cc1nc(-c2cccc(NC(=O)NC3=NC(O)N(CCC[C@H](CCCNC(=N)N)NCCCN)C=C3)c2)cs1. The van der Waals surface area contributed by atoms with E-state index in [-0.39, 0.29) is 11.8 Å². The molecule has 2 amide bonds. The molecule has 1 aromatic heterocycles. The third-order valence-electron chi connectivity index (χ3n) is 6.08. The van der Waals surface area contributed by atoms with E-state index in [9.17, 15) is 9.90 Å². The van der Waals surface area contributed by atoms with E-state index in [4.69, 9.17) is 16.9 Å².